The number of piperidine rings is 1. The minimum Gasteiger partial charge on any atom is -0.460 e. The van der Waals surface area contributed by atoms with Crippen molar-refractivity contribution in [1.29, 1.82) is 0 Å². The molecule has 2 saturated heterocycles. The Bertz CT molecular complexity index is 1200. The number of rotatable bonds is 8. The van der Waals surface area contributed by atoms with E-state index in [4.69, 9.17) is 14.5 Å². The molecular formula is C27H37N7O3. The first-order valence-corrected chi connectivity index (χ1v) is 13.3. The molecule has 3 aromatic rings. The average Bonchev–Trinajstić information content (AvgIpc) is 3.34. The molecule has 1 aromatic carbocycles. The van der Waals surface area contributed by atoms with Gasteiger partial charge in [0.05, 0.1) is 6.20 Å². The van der Waals surface area contributed by atoms with Crippen LogP contribution < -0.4 is 15.4 Å². The summed E-state index contributed by atoms with van der Waals surface area (Å²) >= 11 is 0. The van der Waals surface area contributed by atoms with Crippen LogP contribution in [0.25, 0.3) is 5.65 Å². The number of aromatic nitrogens is 4. The van der Waals surface area contributed by atoms with Crippen LogP contribution >= 0.6 is 0 Å². The molecule has 0 saturated carbocycles. The second-order valence-corrected chi connectivity index (χ2v) is 10.4. The summed E-state index contributed by atoms with van der Waals surface area (Å²) in [6.45, 7) is 8.13. The molecule has 10 nitrogen and oxygen atoms in total. The van der Waals surface area contributed by atoms with Gasteiger partial charge >= 0.3 is 6.01 Å². The van der Waals surface area contributed by atoms with Crippen LogP contribution in [0.3, 0.4) is 0 Å². The maximum atomic E-state index is 12.5. The summed E-state index contributed by atoms with van der Waals surface area (Å²) in [4.78, 5) is 24.2. The van der Waals surface area contributed by atoms with Crippen LogP contribution in [-0.4, -0.2) is 69.8 Å². The number of carbonyl (C=O) groups excluding carboxylic acids is 1. The van der Waals surface area contributed by atoms with Gasteiger partial charge in [0.15, 0.2) is 5.65 Å². The van der Waals surface area contributed by atoms with Crippen LogP contribution in [0.5, 0.6) is 6.01 Å². The number of amides is 1. The minimum atomic E-state index is 0.0194. The Hall–Kier alpha value is -3.24. The number of ether oxygens (including phenoxy) is 2. The molecule has 2 fully saturated rings. The van der Waals surface area contributed by atoms with Crippen LogP contribution in [0.4, 0.5) is 11.6 Å². The molecule has 4 heterocycles. The first-order valence-electron chi connectivity index (χ1n) is 13.3. The zero-order valence-corrected chi connectivity index (χ0v) is 21.9. The number of hydrogen-bond donors (Lipinski definition) is 2. The summed E-state index contributed by atoms with van der Waals surface area (Å²) < 4.78 is 13.3. The van der Waals surface area contributed by atoms with Crippen molar-refractivity contribution in [3.05, 3.63) is 41.6 Å². The van der Waals surface area contributed by atoms with E-state index in [1.807, 2.05) is 30.5 Å². The lowest BCUT2D eigenvalue weighted by molar-refractivity contribution is -0.122. The van der Waals surface area contributed by atoms with Gasteiger partial charge in [-0.25, -0.2) is 0 Å². The zero-order chi connectivity index (χ0) is 25.8. The number of nitrogens with one attached hydrogen (secondary N) is 2. The predicted octanol–water partition coefficient (Wildman–Crippen LogP) is 3.70. The second kappa shape index (κ2) is 11.4. The van der Waals surface area contributed by atoms with E-state index < -0.39 is 0 Å². The Morgan fingerprint density at radius 1 is 1.11 bits per heavy atom. The topological polar surface area (TPSA) is 106 Å². The van der Waals surface area contributed by atoms with Crippen LogP contribution in [0.1, 0.15) is 56.6 Å². The zero-order valence-electron chi connectivity index (χ0n) is 21.9. The number of nitrogens with zero attached hydrogens (tertiary/aromatic N) is 5. The normalized spacial score (nSPS) is 17.8. The summed E-state index contributed by atoms with van der Waals surface area (Å²) in [7, 11) is 2.13. The van der Waals surface area contributed by atoms with E-state index in [0.717, 1.165) is 61.2 Å². The van der Waals surface area contributed by atoms with Crippen LogP contribution in [0, 0.1) is 5.92 Å². The molecule has 0 atom stereocenters. The SMILES string of the molecule is CC(C)c1cnn2c(NCc3ccc(NC(=O)C4CCOCC4)cc3)nc(OC3CCN(C)CC3)nc12. The van der Waals surface area contributed by atoms with Crippen LogP contribution in [0.15, 0.2) is 30.5 Å². The van der Waals surface area contributed by atoms with Crippen molar-refractivity contribution in [1.82, 2.24) is 24.5 Å². The number of carbonyl (C=O) groups is 1. The molecule has 0 radical (unpaired) electrons. The molecule has 0 unspecified atom stereocenters. The van der Waals surface area contributed by atoms with Crippen LogP contribution in [-0.2, 0) is 16.1 Å². The van der Waals surface area contributed by atoms with Crippen molar-refractivity contribution in [2.45, 2.75) is 58.1 Å². The van der Waals surface area contributed by atoms with Gasteiger partial charge in [-0.1, -0.05) is 26.0 Å². The summed E-state index contributed by atoms with van der Waals surface area (Å²) in [5.41, 5.74) is 3.68. The van der Waals surface area contributed by atoms with Gasteiger partial charge in [0.1, 0.15) is 6.10 Å². The maximum Gasteiger partial charge on any atom is 0.322 e. The van der Waals surface area contributed by atoms with Crippen molar-refractivity contribution in [2.24, 2.45) is 5.92 Å². The van der Waals surface area contributed by atoms with Gasteiger partial charge in [-0.2, -0.15) is 19.6 Å². The molecule has 0 bridgehead atoms. The fourth-order valence-electron chi connectivity index (χ4n) is 4.79. The smallest absolute Gasteiger partial charge is 0.322 e. The van der Waals surface area contributed by atoms with E-state index in [2.05, 4.69) is 46.5 Å². The molecule has 0 aliphatic carbocycles. The van der Waals surface area contributed by atoms with Gasteiger partial charge in [-0.15, -0.1) is 0 Å². The minimum absolute atomic E-state index is 0.0194. The van der Waals surface area contributed by atoms with Gasteiger partial charge in [0.25, 0.3) is 0 Å². The fraction of sp³-hybridized carbons (Fsp3) is 0.556. The number of anilines is 2. The third-order valence-electron chi connectivity index (χ3n) is 7.20. The summed E-state index contributed by atoms with van der Waals surface area (Å²) in [6, 6.07) is 8.26. The molecule has 2 N–H and O–H groups in total. The number of hydrogen-bond acceptors (Lipinski definition) is 8. The van der Waals surface area contributed by atoms with E-state index in [1.165, 1.54) is 0 Å². The Morgan fingerprint density at radius 3 is 2.54 bits per heavy atom. The van der Waals surface area contributed by atoms with Crippen molar-refractivity contribution in [3.8, 4) is 6.01 Å². The third kappa shape index (κ3) is 6.19. The van der Waals surface area contributed by atoms with E-state index in [1.54, 1.807) is 4.52 Å². The van der Waals surface area contributed by atoms with E-state index in [9.17, 15) is 4.79 Å². The number of fused-ring (bicyclic) bond motifs is 1. The Kier molecular flexibility index (Phi) is 7.85. The number of likely N-dealkylation sites (tertiary alicyclic amines) is 1. The van der Waals surface area contributed by atoms with Gasteiger partial charge < -0.3 is 25.0 Å². The fourth-order valence-corrected chi connectivity index (χ4v) is 4.79. The molecule has 2 aliphatic heterocycles. The summed E-state index contributed by atoms with van der Waals surface area (Å²) in [5, 5.41) is 11.0. The molecule has 198 valence electrons. The quantitative estimate of drug-likeness (QED) is 0.476. The predicted molar refractivity (Wildman–Crippen MR) is 142 cm³/mol. The number of benzene rings is 1. The molecule has 10 heteroatoms. The second-order valence-electron chi connectivity index (χ2n) is 10.4. The average molecular weight is 508 g/mol. The van der Waals surface area contributed by atoms with E-state index in [-0.39, 0.29) is 23.8 Å². The lowest BCUT2D eigenvalue weighted by atomic mass is 9.99. The molecular weight excluding hydrogens is 470 g/mol. The lowest BCUT2D eigenvalue weighted by Crippen LogP contribution is -2.36. The highest BCUT2D eigenvalue weighted by molar-refractivity contribution is 5.92. The lowest BCUT2D eigenvalue weighted by Gasteiger charge is -2.28. The Morgan fingerprint density at radius 2 is 1.84 bits per heavy atom. The molecule has 37 heavy (non-hydrogen) atoms. The van der Waals surface area contributed by atoms with E-state index >= 15 is 0 Å². The Labute approximate surface area is 217 Å². The Balaban J connectivity index is 1.28. The summed E-state index contributed by atoms with van der Waals surface area (Å²) in [5.74, 6) is 0.956. The first-order chi connectivity index (χ1) is 18.0. The summed E-state index contributed by atoms with van der Waals surface area (Å²) in [6.07, 6.45) is 5.44. The highest BCUT2D eigenvalue weighted by Gasteiger charge is 2.23. The highest BCUT2D eigenvalue weighted by atomic mass is 16.5. The molecule has 2 aromatic heterocycles. The maximum absolute atomic E-state index is 12.5. The highest BCUT2D eigenvalue weighted by Crippen LogP contribution is 2.25. The molecule has 0 spiro atoms. The molecule has 1 amide bonds. The monoisotopic (exact) mass is 507 g/mol. The van der Waals surface area contributed by atoms with Crippen molar-refractivity contribution in [3.63, 3.8) is 0 Å². The van der Waals surface area contributed by atoms with Crippen molar-refractivity contribution < 1.29 is 14.3 Å². The van der Waals surface area contributed by atoms with Gasteiger partial charge in [0, 0.05) is 50.0 Å². The first kappa shape index (κ1) is 25.4. The van der Waals surface area contributed by atoms with Gasteiger partial charge in [-0.05, 0) is 56.3 Å². The van der Waals surface area contributed by atoms with Gasteiger partial charge in [0.2, 0.25) is 11.9 Å². The van der Waals surface area contributed by atoms with Crippen LogP contribution in [0.2, 0.25) is 0 Å². The van der Waals surface area contributed by atoms with E-state index in [0.29, 0.717) is 31.7 Å². The third-order valence-corrected chi connectivity index (χ3v) is 7.20. The van der Waals surface area contributed by atoms with Gasteiger partial charge in [-0.3, -0.25) is 4.79 Å². The standard InChI is InChI=1S/C27H37N7O3/c1-18(2)23-17-29-34-24(23)31-27(37-22-8-12-33(3)13-9-22)32-26(34)28-16-19-4-6-21(7-5-19)30-25(35)20-10-14-36-15-11-20/h4-7,17-18,20,22H,8-16H2,1-3H3,(H,30,35)(H,28,31,32). The molecule has 2 aliphatic rings. The van der Waals surface area contributed by atoms with Crippen molar-refractivity contribution in [2.75, 3.05) is 44.0 Å². The molecule has 5 rings (SSSR count). The largest absolute Gasteiger partial charge is 0.460 e. The van der Waals surface area contributed by atoms with Crippen molar-refractivity contribution >= 4 is 23.2 Å².